The van der Waals surface area contributed by atoms with E-state index in [0.717, 1.165) is 12.1 Å². The average molecular weight is 278 g/mol. The molecule has 0 bridgehead atoms. The summed E-state index contributed by atoms with van der Waals surface area (Å²) in [6.07, 6.45) is -5.05. The van der Waals surface area contributed by atoms with Crippen molar-refractivity contribution in [3.05, 3.63) is 34.9 Å². The number of hydrogen-bond donors (Lipinski definition) is 1. The zero-order valence-corrected chi connectivity index (χ0v) is 11.4. The van der Waals surface area contributed by atoms with E-state index in [1.807, 2.05) is 13.8 Å². The molecule has 1 unspecified atom stereocenters. The number of aryl methyl sites for hydroxylation is 1. The van der Waals surface area contributed by atoms with Gasteiger partial charge in [-0.1, -0.05) is 19.9 Å². The van der Waals surface area contributed by atoms with Crippen LogP contribution in [0.5, 0.6) is 0 Å². The predicted octanol–water partition coefficient (Wildman–Crippen LogP) is 4.19. The molecule has 1 aromatic rings. The second-order valence-corrected chi connectivity index (χ2v) is 6.08. The minimum Gasteiger partial charge on any atom is -0.388 e. The maximum atomic E-state index is 12.5. The first-order chi connectivity index (χ1) is 8.21. The molecule has 0 spiro atoms. The van der Waals surface area contributed by atoms with Crippen LogP contribution >= 0.6 is 11.8 Å². The van der Waals surface area contributed by atoms with Crippen LogP contribution in [0.4, 0.5) is 13.2 Å². The molecule has 0 heterocycles. The fraction of sp³-hybridized carbons (Fsp3) is 0.538. The molecule has 5 heteroatoms. The summed E-state index contributed by atoms with van der Waals surface area (Å²) < 4.78 is 37.5. The summed E-state index contributed by atoms with van der Waals surface area (Å²) in [7, 11) is 0. The zero-order chi connectivity index (χ0) is 13.9. The number of rotatable bonds is 4. The van der Waals surface area contributed by atoms with Gasteiger partial charge in [-0.25, -0.2) is 0 Å². The predicted molar refractivity (Wildman–Crippen MR) is 68.7 cm³/mol. The van der Waals surface area contributed by atoms with Crippen LogP contribution in [-0.2, 0) is 6.18 Å². The number of halogens is 3. The quantitative estimate of drug-likeness (QED) is 0.891. The van der Waals surface area contributed by atoms with E-state index in [2.05, 4.69) is 0 Å². The molecule has 0 aromatic heterocycles. The molecule has 0 saturated heterocycles. The lowest BCUT2D eigenvalue weighted by molar-refractivity contribution is -0.137. The Hall–Kier alpha value is -0.680. The Labute approximate surface area is 109 Å². The van der Waals surface area contributed by atoms with Crippen molar-refractivity contribution >= 4 is 11.8 Å². The largest absolute Gasteiger partial charge is 0.416 e. The molecule has 0 radical (unpaired) electrons. The van der Waals surface area contributed by atoms with Gasteiger partial charge in [0.15, 0.2) is 0 Å². The smallest absolute Gasteiger partial charge is 0.388 e. The molecule has 0 amide bonds. The number of hydrogen-bond acceptors (Lipinski definition) is 2. The zero-order valence-electron chi connectivity index (χ0n) is 10.6. The maximum Gasteiger partial charge on any atom is 0.416 e. The molecule has 1 atom stereocenters. The van der Waals surface area contributed by atoms with Gasteiger partial charge in [-0.2, -0.15) is 24.9 Å². The molecule has 0 aliphatic heterocycles. The standard InChI is InChI=1S/C13H17F3OS/c1-8(2)18-7-12(17)11-5-4-10(6-9(11)3)13(14,15)16/h4-6,8,12,17H,7H2,1-3H3. The van der Waals surface area contributed by atoms with Gasteiger partial charge in [0.1, 0.15) is 0 Å². The molecule has 0 aliphatic rings. The number of alkyl halides is 3. The van der Waals surface area contributed by atoms with Crippen molar-refractivity contribution in [2.75, 3.05) is 5.75 Å². The Kier molecular flexibility index (Phi) is 5.10. The van der Waals surface area contributed by atoms with E-state index < -0.39 is 17.8 Å². The Morgan fingerprint density at radius 3 is 2.33 bits per heavy atom. The summed E-state index contributed by atoms with van der Waals surface area (Å²) in [5, 5.41) is 10.3. The molecule has 0 aliphatic carbocycles. The highest BCUT2D eigenvalue weighted by Gasteiger charge is 2.30. The molecule has 1 nitrogen and oxygen atoms in total. The van der Waals surface area contributed by atoms with Gasteiger partial charge in [0.2, 0.25) is 0 Å². The van der Waals surface area contributed by atoms with Gasteiger partial charge in [0.05, 0.1) is 11.7 Å². The van der Waals surface area contributed by atoms with Crippen LogP contribution in [0.1, 0.15) is 36.6 Å². The highest BCUT2D eigenvalue weighted by molar-refractivity contribution is 7.99. The molecule has 0 fully saturated rings. The first-order valence-electron chi connectivity index (χ1n) is 5.69. The van der Waals surface area contributed by atoms with E-state index in [0.29, 0.717) is 22.1 Å². The van der Waals surface area contributed by atoms with Crippen LogP contribution in [0.3, 0.4) is 0 Å². The molecule has 0 saturated carbocycles. The lowest BCUT2D eigenvalue weighted by atomic mass is 10.0. The maximum absolute atomic E-state index is 12.5. The van der Waals surface area contributed by atoms with Gasteiger partial charge in [0.25, 0.3) is 0 Å². The second-order valence-electron chi connectivity index (χ2n) is 4.47. The lowest BCUT2D eigenvalue weighted by Gasteiger charge is -2.16. The summed E-state index contributed by atoms with van der Waals surface area (Å²) in [5.74, 6) is 0.490. The van der Waals surface area contributed by atoms with Gasteiger partial charge in [-0.05, 0) is 35.4 Å². The van der Waals surface area contributed by atoms with E-state index in [4.69, 9.17) is 0 Å². The fourth-order valence-corrected chi connectivity index (χ4v) is 2.35. The molecule has 1 aromatic carbocycles. The topological polar surface area (TPSA) is 20.2 Å². The Morgan fingerprint density at radius 2 is 1.89 bits per heavy atom. The van der Waals surface area contributed by atoms with Crippen LogP contribution < -0.4 is 0 Å². The van der Waals surface area contributed by atoms with Crippen molar-refractivity contribution in [1.82, 2.24) is 0 Å². The van der Waals surface area contributed by atoms with Gasteiger partial charge in [-0.3, -0.25) is 0 Å². The second kappa shape index (κ2) is 5.97. The molecule has 1 N–H and O–H groups in total. The number of thioether (sulfide) groups is 1. The van der Waals surface area contributed by atoms with Crippen molar-refractivity contribution in [3.8, 4) is 0 Å². The molecule has 1 rings (SSSR count). The van der Waals surface area contributed by atoms with E-state index in [1.165, 1.54) is 6.07 Å². The lowest BCUT2D eigenvalue weighted by Crippen LogP contribution is -2.09. The first-order valence-corrected chi connectivity index (χ1v) is 6.74. The molecular formula is C13H17F3OS. The van der Waals surface area contributed by atoms with Gasteiger partial charge < -0.3 is 5.11 Å². The van der Waals surface area contributed by atoms with Gasteiger partial charge >= 0.3 is 6.18 Å². The number of aliphatic hydroxyl groups excluding tert-OH is 1. The minimum atomic E-state index is -4.33. The highest BCUT2D eigenvalue weighted by Crippen LogP contribution is 2.32. The molecular weight excluding hydrogens is 261 g/mol. The van der Waals surface area contributed by atoms with E-state index in [9.17, 15) is 18.3 Å². The molecule has 102 valence electrons. The Bertz CT molecular complexity index is 402. The van der Waals surface area contributed by atoms with E-state index in [-0.39, 0.29) is 0 Å². The highest BCUT2D eigenvalue weighted by atomic mass is 32.2. The van der Waals surface area contributed by atoms with Crippen molar-refractivity contribution in [3.63, 3.8) is 0 Å². The summed E-state index contributed by atoms with van der Waals surface area (Å²) in [4.78, 5) is 0. The fourth-order valence-electron chi connectivity index (χ4n) is 1.60. The summed E-state index contributed by atoms with van der Waals surface area (Å²) >= 11 is 1.58. The van der Waals surface area contributed by atoms with E-state index in [1.54, 1.807) is 18.7 Å². The van der Waals surface area contributed by atoms with Gasteiger partial charge in [0, 0.05) is 5.75 Å². The summed E-state index contributed by atoms with van der Waals surface area (Å²) in [5.41, 5.74) is 0.366. The van der Waals surface area contributed by atoms with E-state index >= 15 is 0 Å². The van der Waals surface area contributed by atoms with Crippen molar-refractivity contribution in [1.29, 1.82) is 0 Å². The third-order valence-corrected chi connectivity index (χ3v) is 3.72. The Morgan fingerprint density at radius 1 is 1.28 bits per heavy atom. The van der Waals surface area contributed by atoms with Crippen LogP contribution in [0, 0.1) is 6.92 Å². The third-order valence-electron chi connectivity index (χ3n) is 2.54. The van der Waals surface area contributed by atoms with Crippen LogP contribution in [0.15, 0.2) is 18.2 Å². The number of benzene rings is 1. The van der Waals surface area contributed by atoms with Crippen molar-refractivity contribution < 1.29 is 18.3 Å². The monoisotopic (exact) mass is 278 g/mol. The number of aliphatic hydroxyl groups is 1. The molecule has 18 heavy (non-hydrogen) atoms. The van der Waals surface area contributed by atoms with Crippen LogP contribution in [0.25, 0.3) is 0 Å². The summed E-state index contributed by atoms with van der Waals surface area (Å²) in [6, 6.07) is 3.47. The first kappa shape index (κ1) is 15.4. The van der Waals surface area contributed by atoms with Crippen LogP contribution in [0.2, 0.25) is 0 Å². The summed E-state index contributed by atoms with van der Waals surface area (Å²) in [6.45, 7) is 5.61. The third kappa shape index (κ3) is 4.21. The Balaban J connectivity index is 2.85. The van der Waals surface area contributed by atoms with Gasteiger partial charge in [-0.15, -0.1) is 0 Å². The average Bonchev–Trinajstić information content (AvgIpc) is 2.24. The van der Waals surface area contributed by atoms with Crippen molar-refractivity contribution in [2.24, 2.45) is 0 Å². The SMILES string of the molecule is Cc1cc(C(F)(F)F)ccc1C(O)CSC(C)C. The normalized spacial score (nSPS) is 14.0. The van der Waals surface area contributed by atoms with Crippen LogP contribution in [-0.4, -0.2) is 16.1 Å². The minimum absolute atomic E-state index is 0.384. The van der Waals surface area contributed by atoms with Crippen molar-refractivity contribution in [2.45, 2.75) is 38.3 Å².